The van der Waals surface area contributed by atoms with Gasteiger partial charge in [-0.1, -0.05) is 12.1 Å². The molecule has 0 bridgehead atoms. The van der Waals surface area contributed by atoms with Gasteiger partial charge in [0, 0.05) is 23.2 Å². The molecular weight excluding hydrogens is 378 g/mol. The summed E-state index contributed by atoms with van der Waals surface area (Å²) in [6.45, 7) is 1.75. The molecule has 0 saturated heterocycles. The fraction of sp³-hybridized carbons (Fsp3) is 0.105. The summed E-state index contributed by atoms with van der Waals surface area (Å²) < 4.78 is 0. The van der Waals surface area contributed by atoms with Crippen LogP contribution in [0.3, 0.4) is 0 Å². The van der Waals surface area contributed by atoms with E-state index in [0.29, 0.717) is 17.1 Å². The number of nitrogens with zero attached hydrogens (tertiary/aromatic N) is 3. The lowest BCUT2D eigenvalue weighted by Crippen LogP contribution is -2.18. The number of non-ortho nitro benzene ring substituents is 1. The number of amides is 1. The van der Waals surface area contributed by atoms with Crippen LogP contribution in [0.15, 0.2) is 53.4 Å². The van der Waals surface area contributed by atoms with Crippen molar-refractivity contribution in [3.8, 4) is 11.5 Å². The van der Waals surface area contributed by atoms with Gasteiger partial charge in [-0.05, 0) is 30.7 Å². The quantitative estimate of drug-likeness (QED) is 0.387. The molecule has 0 aliphatic carbocycles. The van der Waals surface area contributed by atoms with Gasteiger partial charge in [0.2, 0.25) is 5.91 Å². The van der Waals surface area contributed by atoms with Gasteiger partial charge in [0.1, 0.15) is 5.69 Å². The molecule has 1 unspecified atom stereocenters. The molecule has 140 valence electrons. The number of rotatable bonds is 5. The second kappa shape index (κ2) is 7.20. The van der Waals surface area contributed by atoms with Crippen molar-refractivity contribution in [2.24, 2.45) is 0 Å². The third kappa shape index (κ3) is 3.47. The topological polar surface area (TPSA) is 114 Å². The summed E-state index contributed by atoms with van der Waals surface area (Å²) >= 11 is 1.49. The van der Waals surface area contributed by atoms with E-state index in [2.05, 4.69) is 20.3 Å². The highest BCUT2D eigenvalue weighted by atomic mass is 32.1. The second-order valence-corrected chi connectivity index (χ2v) is 6.97. The van der Waals surface area contributed by atoms with Gasteiger partial charge in [0.15, 0.2) is 5.82 Å². The maximum atomic E-state index is 12.6. The van der Waals surface area contributed by atoms with Gasteiger partial charge < -0.3 is 10.3 Å². The summed E-state index contributed by atoms with van der Waals surface area (Å²) in [5.41, 5.74) is 5.42. The van der Waals surface area contributed by atoms with Crippen LogP contribution >= 0.6 is 11.3 Å². The van der Waals surface area contributed by atoms with Gasteiger partial charge in [-0.15, -0.1) is 11.3 Å². The van der Waals surface area contributed by atoms with E-state index in [1.807, 2.05) is 11.4 Å². The molecule has 4 aromatic rings. The Morgan fingerprint density at radius 1 is 1.25 bits per heavy atom. The highest BCUT2D eigenvalue weighted by molar-refractivity contribution is 7.07. The molecule has 2 N–H and O–H groups in total. The van der Waals surface area contributed by atoms with E-state index in [1.165, 1.54) is 23.5 Å². The normalized spacial score (nSPS) is 12.0. The Balaban J connectivity index is 1.52. The zero-order chi connectivity index (χ0) is 19.7. The number of nitrogens with one attached hydrogen (secondary N) is 2. The molecule has 8 nitrogen and oxygen atoms in total. The maximum absolute atomic E-state index is 12.6. The van der Waals surface area contributed by atoms with E-state index >= 15 is 0 Å². The number of hydrogen-bond acceptors (Lipinski definition) is 6. The standard InChI is InChI=1S/C19H15N5O3S/c1-11(12-2-5-14(6-3-12)24(26)27)19(25)21-13-4-7-15-16(8-13)23-18(22-15)17-9-28-10-20-17/h2-11H,1H3,(H,21,25)(H,22,23). The Morgan fingerprint density at radius 3 is 2.71 bits per heavy atom. The summed E-state index contributed by atoms with van der Waals surface area (Å²) in [6.07, 6.45) is 0. The van der Waals surface area contributed by atoms with E-state index in [-0.39, 0.29) is 11.6 Å². The number of carbonyl (C=O) groups is 1. The zero-order valence-corrected chi connectivity index (χ0v) is 15.6. The molecule has 0 spiro atoms. The summed E-state index contributed by atoms with van der Waals surface area (Å²) in [5, 5.41) is 15.5. The number of carbonyl (C=O) groups excluding carboxylic acids is 1. The monoisotopic (exact) mass is 393 g/mol. The number of thiazole rings is 1. The number of anilines is 1. The fourth-order valence-corrected chi connectivity index (χ4v) is 3.36. The van der Waals surface area contributed by atoms with Crippen molar-refractivity contribution in [3.63, 3.8) is 0 Å². The predicted octanol–water partition coefficient (Wildman–Crippen LogP) is 4.34. The van der Waals surface area contributed by atoms with Crippen LogP contribution in [-0.4, -0.2) is 25.8 Å². The second-order valence-electron chi connectivity index (χ2n) is 6.25. The van der Waals surface area contributed by atoms with Crippen molar-refractivity contribution in [1.82, 2.24) is 15.0 Å². The lowest BCUT2D eigenvalue weighted by Gasteiger charge is -2.12. The SMILES string of the molecule is CC(C(=O)Nc1ccc2[nH]c(-c3cscn3)nc2c1)c1ccc([N+](=O)[O-])cc1. The Bertz CT molecular complexity index is 1150. The van der Waals surface area contributed by atoms with Gasteiger partial charge in [-0.2, -0.15) is 0 Å². The minimum absolute atomic E-state index is 0.00346. The van der Waals surface area contributed by atoms with Gasteiger partial charge >= 0.3 is 0 Å². The van der Waals surface area contributed by atoms with Crippen molar-refractivity contribution in [2.75, 3.05) is 5.32 Å². The number of hydrogen-bond donors (Lipinski definition) is 2. The van der Waals surface area contributed by atoms with Crippen molar-refractivity contribution in [2.45, 2.75) is 12.8 Å². The van der Waals surface area contributed by atoms with Crippen molar-refractivity contribution < 1.29 is 9.72 Å². The molecular formula is C19H15N5O3S. The molecule has 0 aliphatic rings. The fourth-order valence-electron chi connectivity index (χ4n) is 2.82. The number of nitro benzene ring substituents is 1. The number of fused-ring (bicyclic) bond motifs is 1. The van der Waals surface area contributed by atoms with Crippen LogP contribution in [0.1, 0.15) is 18.4 Å². The molecule has 0 saturated carbocycles. The molecule has 2 heterocycles. The van der Waals surface area contributed by atoms with Crippen LogP contribution in [0.4, 0.5) is 11.4 Å². The molecule has 2 aromatic carbocycles. The van der Waals surface area contributed by atoms with Crippen molar-refractivity contribution in [3.05, 3.63) is 69.0 Å². The van der Waals surface area contributed by atoms with Gasteiger partial charge in [0.05, 0.1) is 27.4 Å². The third-order valence-corrected chi connectivity index (χ3v) is 5.01. The molecule has 0 fully saturated rings. The summed E-state index contributed by atoms with van der Waals surface area (Å²) in [6, 6.07) is 11.4. The minimum Gasteiger partial charge on any atom is -0.337 e. The highest BCUT2D eigenvalue weighted by Crippen LogP contribution is 2.24. The van der Waals surface area contributed by atoms with E-state index in [4.69, 9.17) is 0 Å². The first kappa shape index (κ1) is 17.8. The number of nitro groups is 1. The molecule has 9 heteroatoms. The lowest BCUT2D eigenvalue weighted by molar-refractivity contribution is -0.384. The molecule has 0 radical (unpaired) electrons. The van der Waals surface area contributed by atoms with Gasteiger partial charge in [-0.3, -0.25) is 14.9 Å². The summed E-state index contributed by atoms with van der Waals surface area (Å²) in [5.74, 6) is 0.0173. The van der Waals surface area contributed by atoms with Crippen molar-refractivity contribution in [1.29, 1.82) is 0 Å². The van der Waals surface area contributed by atoms with Crippen LogP contribution < -0.4 is 5.32 Å². The number of imidazole rings is 1. The molecule has 28 heavy (non-hydrogen) atoms. The van der Waals surface area contributed by atoms with Crippen LogP contribution in [0.2, 0.25) is 0 Å². The van der Waals surface area contributed by atoms with Crippen LogP contribution in [0.25, 0.3) is 22.6 Å². The number of aromatic amines is 1. The molecule has 1 amide bonds. The highest BCUT2D eigenvalue weighted by Gasteiger charge is 2.17. The smallest absolute Gasteiger partial charge is 0.269 e. The average Bonchev–Trinajstić information content (AvgIpc) is 3.36. The van der Waals surface area contributed by atoms with E-state index in [9.17, 15) is 14.9 Å². The predicted molar refractivity (Wildman–Crippen MR) is 107 cm³/mol. The number of aromatic nitrogens is 3. The van der Waals surface area contributed by atoms with Gasteiger partial charge in [0.25, 0.3) is 5.69 Å². The van der Waals surface area contributed by atoms with Gasteiger partial charge in [-0.25, -0.2) is 9.97 Å². The largest absolute Gasteiger partial charge is 0.337 e. The van der Waals surface area contributed by atoms with Crippen LogP contribution in [0, 0.1) is 10.1 Å². The number of benzene rings is 2. The minimum atomic E-state index is -0.465. The van der Waals surface area contributed by atoms with E-state index in [0.717, 1.165) is 16.7 Å². The maximum Gasteiger partial charge on any atom is 0.269 e. The van der Waals surface area contributed by atoms with E-state index in [1.54, 1.807) is 36.7 Å². The van der Waals surface area contributed by atoms with Crippen molar-refractivity contribution >= 4 is 39.7 Å². The Morgan fingerprint density at radius 2 is 2.04 bits per heavy atom. The summed E-state index contributed by atoms with van der Waals surface area (Å²) in [4.78, 5) is 34.8. The van der Waals surface area contributed by atoms with Crippen LogP contribution in [0.5, 0.6) is 0 Å². The first-order valence-corrected chi connectivity index (χ1v) is 9.39. The number of H-pyrrole nitrogens is 1. The average molecular weight is 393 g/mol. The van der Waals surface area contributed by atoms with E-state index < -0.39 is 10.8 Å². The zero-order valence-electron chi connectivity index (χ0n) is 14.7. The molecule has 0 aliphatic heterocycles. The first-order chi connectivity index (χ1) is 13.5. The first-order valence-electron chi connectivity index (χ1n) is 8.45. The molecule has 2 aromatic heterocycles. The molecule has 4 rings (SSSR count). The Hall–Kier alpha value is -3.59. The third-order valence-electron chi connectivity index (χ3n) is 4.42. The Kier molecular flexibility index (Phi) is 4.58. The molecule has 1 atom stereocenters. The lowest BCUT2D eigenvalue weighted by atomic mass is 10.00. The van der Waals surface area contributed by atoms with Crippen LogP contribution in [-0.2, 0) is 4.79 Å². The Labute approximate surface area is 163 Å². The summed E-state index contributed by atoms with van der Waals surface area (Å²) in [7, 11) is 0.